The maximum Gasteiger partial charge on any atom is 0.254 e. The number of likely N-dealkylation sites (tertiary alicyclic amines) is 1. The van der Waals surface area contributed by atoms with Crippen LogP contribution >= 0.6 is 0 Å². The van der Waals surface area contributed by atoms with Gasteiger partial charge in [0.05, 0.1) is 18.3 Å². The van der Waals surface area contributed by atoms with Crippen molar-refractivity contribution in [1.29, 1.82) is 0 Å². The third kappa shape index (κ3) is 3.53. The topological polar surface area (TPSA) is 91.2 Å². The summed E-state index contributed by atoms with van der Waals surface area (Å²) in [6.07, 6.45) is 4.62. The number of rotatable bonds is 5. The summed E-state index contributed by atoms with van der Waals surface area (Å²) < 4.78 is 9.95. The average Bonchev–Trinajstić information content (AvgIpc) is 3.40. The summed E-state index contributed by atoms with van der Waals surface area (Å²) in [5.41, 5.74) is 10.3. The number of pyridine rings is 1. The molecular weight excluding hydrogens is 428 g/mol. The smallest absolute Gasteiger partial charge is 0.254 e. The Balaban J connectivity index is 1.64. The first-order chi connectivity index (χ1) is 16.5. The monoisotopic (exact) mass is 460 g/mol. The summed E-state index contributed by atoms with van der Waals surface area (Å²) in [6, 6.07) is 10.1. The molecule has 178 valence electrons. The summed E-state index contributed by atoms with van der Waals surface area (Å²) in [5, 5.41) is 1.07. The molecule has 5 rings (SSSR count). The van der Waals surface area contributed by atoms with Crippen LogP contribution in [0, 0.1) is 0 Å². The Hall–Kier alpha value is -3.39. The van der Waals surface area contributed by atoms with E-state index >= 15 is 0 Å². The van der Waals surface area contributed by atoms with Crippen LogP contribution in [0.4, 0.5) is 0 Å². The number of ether oxygens (including phenoxy) is 1. The Morgan fingerprint density at radius 3 is 2.79 bits per heavy atom. The first-order valence-corrected chi connectivity index (χ1v) is 12.0. The third-order valence-corrected chi connectivity index (χ3v) is 7.08. The lowest BCUT2D eigenvalue weighted by molar-refractivity contribution is 0.0582. The molecule has 1 fully saturated rings. The molecule has 8 heteroatoms. The van der Waals surface area contributed by atoms with Crippen molar-refractivity contribution in [3.8, 4) is 17.3 Å². The van der Waals surface area contributed by atoms with Gasteiger partial charge in [0, 0.05) is 49.4 Å². The Kier molecular flexibility index (Phi) is 5.77. The second kappa shape index (κ2) is 8.76. The van der Waals surface area contributed by atoms with Crippen LogP contribution in [0.2, 0.25) is 0 Å². The zero-order valence-electron chi connectivity index (χ0n) is 20.3. The largest absolute Gasteiger partial charge is 0.494 e. The maximum atomic E-state index is 13.6. The lowest BCUT2D eigenvalue weighted by Crippen LogP contribution is -2.51. The molecule has 0 spiro atoms. The summed E-state index contributed by atoms with van der Waals surface area (Å²) in [7, 11) is 3.62. The number of nitrogens with zero attached hydrogens (tertiary/aromatic N) is 5. The number of aromatic nitrogens is 4. The van der Waals surface area contributed by atoms with Gasteiger partial charge < -0.3 is 24.5 Å². The second-order valence-electron chi connectivity index (χ2n) is 9.09. The number of hydrogen-bond acceptors (Lipinski definition) is 5. The number of fused-ring (bicyclic) bond motifs is 2. The van der Waals surface area contributed by atoms with Crippen molar-refractivity contribution < 1.29 is 9.53 Å². The molecule has 8 nitrogen and oxygen atoms in total. The van der Waals surface area contributed by atoms with Gasteiger partial charge in [-0.25, -0.2) is 9.97 Å². The van der Waals surface area contributed by atoms with Gasteiger partial charge in [-0.2, -0.15) is 0 Å². The van der Waals surface area contributed by atoms with E-state index in [0.717, 1.165) is 59.4 Å². The molecule has 4 heterocycles. The van der Waals surface area contributed by atoms with E-state index in [4.69, 9.17) is 15.5 Å². The molecule has 4 aromatic rings. The van der Waals surface area contributed by atoms with Gasteiger partial charge in [-0.05, 0) is 56.5 Å². The average molecular weight is 461 g/mol. The highest BCUT2D eigenvalue weighted by molar-refractivity contribution is 6.00. The third-order valence-electron chi connectivity index (χ3n) is 7.08. The fraction of sp³-hybridized carbons (Fsp3) is 0.423. The van der Waals surface area contributed by atoms with Crippen molar-refractivity contribution in [2.45, 2.75) is 51.7 Å². The Labute approximate surface area is 199 Å². The summed E-state index contributed by atoms with van der Waals surface area (Å²) in [4.78, 5) is 25.0. The predicted molar refractivity (Wildman–Crippen MR) is 134 cm³/mol. The maximum absolute atomic E-state index is 13.6. The zero-order chi connectivity index (χ0) is 24.0. The second-order valence-corrected chi connectivity index (χ2v) is 9.09. The van der Waals surface area contributed by atoms with Gasteiger partial charge >= 0.3 is 0 Å². The van der Waals surface area contributed by atoms with E-state index in [-0.39, 0.29) is 18.0 Å². The SMILES string of the molecule is CC[C@@H]1CC[C@H](N)CN1C(=O)c1cc(OC)c2c(c1)nc(-c1cc3cccnc3n1CC)n2C. The van der Waals surface area contributed by atoms with Gasteiger partial charge in [0.25, 0.3) is 5.91 Å². The number of piperidine rings is 1. The fourth-order valence-electron chi connectivity index (χ4n) is 5.31. The first kappa shape index (κ1) is 22.4. The minimum absolute atomic E-state index is 0.0127. The van der Waals surface area contributed by atoms with E-state index in [0.29, 0.717) is 17.9 Å². The van der Waals surface area contributed by atoms with E-state index in [1.807, 2.05) is 40.9 Å². The summed E-state index contributed by atoms with van der Waals surface area (Å²) in [6.45, 7) is 5.58. The van der Waals surface area contributed by atoms with Crippen LogP contribution in [0.15, 0.2) is 36.5 Å². The van der Waals surface area contributed by atoms with Crippen LogP contribution < -0.4 is 10.5 Å². The normalized spacial score (nSPS) is 18.7. The lowest BCUT2D eigenvalue weighted by atomic mass is 9.96. The molecule has 34 heavy (non-hydrogen) atoms. The molecule has 1 aromatic carbocycles. The molecule has 1 amide bonds. The molecule has 0 bridgehead atoms. The van der Waals surface area contributed by atoms with E-state index in [9.17, 15) is 4.79 Å². The number of nitrogens with two attached hydrogens (primary N) is 1. The van der Waals surface area contributed by atoms with Crippen LogP contribution in [0.5, 0.6) is 5.75 Å². The van der Waals surface area contributed by atoms with Crippen molar-refractivity contribution in [3.05, 3.63) is 42.1 Å². The Morgan fingerprint density at radius 1 is 1.24 bits per heavy atom. The predicted octanol–water partition coefficient (Wildman–Crippen LogP) is 3.96. The zero-order valence-corrected chi connectivity index (χ0v) is 20.3. The lowest BCUT2D eigenvalue weighted by Gasteiger charge is -2.38. The van der Waals surface area contributed by atoms with Gasteiger partial charge in [0.1, 0.15) is 16.9 Å². The summed E-state index contributed by atoms with van der Waals surface area (Å²) in [5.74, 6) is 1.43. The summed E-state index contributed by atoms with van der Waals surface area (Å²) >= 11 is 0. The molecule has 0 saturated carbocycles. The highest BCUT2D eigenvalue weighted by atomic mass is 16.5. The van der Waals surface area contributed by atoms with Gasteiger partial charge in [0.2, 0.25) is 0 Å². The van der Waals surface area contributed by atoms with Gasteiger partial charge in [-0.15, -0.1) is 0 Å². The van der Waals surface area contributed by atoms with E-state index in [1.54, 1.807) is 7.11 Å². The van der Waals surface area contributed by atoms with Gasteiger partial charge in [-0.3, -0.25) is 4.79 Å². The minimum atomic E-state index is -0.0127. The number of methoxy groups -OCH3 is 1. The molecule has 1 saturated heterocycles. The molecular formula is C26H32N6O2. The number of carbonyl (C=O) groups excluding carboxylic acids is 1. The number of hydrogen-bond donors (Lipinski definition) is 1. The van der Waals surface area contributed by atoms with Crippen LogP contribution in [0.3, 0.4) is 0 Å². The van der Waals surface area contributed by atoms with Gasteiger partial charge in [0.15, 0.2) is 5.82 Å². The van der Waals surface area contributed by atoms with Crippen LogP contribution in [-0.4, -0.2) is 55.6 Å². The molecule has 0 unspecified atom stereocenters. The molecule has 1 aliphatic heterocycles. The van der Waals surface area contributed by atoms with Crippen molar-refractivity contribution in [3.63, 3.8) is 0 Å². The first-order valence-electron chi connectivity index (χ1n) is 12.0. The van der Waals surface area contributed by atoms with Crippen LogP contribution in [-0.2, 0) is 13.6 Å². The highest BCUT2D eigenvalue weighted by Crippen LogP contribution is 2.34. The number of carbonyl (C=O) groups is 1. The van der Waals surface area contributed by atoms with E-state index in [1.165, 1.54) is 0 Å². The fourth-order valence-corrected chi connectivity index (χ4v) is 5.31. The molecule has 0 aliphatic carbocycles. The van der Waals surface area contributed by atoms with Crippen molar-refractivity contribution >= 4 is 28.0 Å². The van der Waals surface area contributed by atoms with Crippen molar-refractivity contribution in [2.24, 2.45) is 12.8 Å². The van der Waals surface area contributed by atoms with Crippen LogP contribution in [0.1, 0.15) is 43.5 Å². The quantitative estimate of drug-likeness (QED) is 0.487. The standard InChI is InChI=1S/C26H32N6O2/c1-5-19-10-9-18(27)15-32(19)26(33)17-12-20-23(22(14-17)34-4)30(3)25(29-20)21-13-16-8-7-11-28-24(16)31(21)6-2/h7-8,11-14,18-19H,5-6,9-10,15,27H2,1-4H3/t18-,19+/m0/s1. The van der Waals surface area contributed by atoms with Crippen molar-refractivity contribution in [2.75, 3.05) is 13.7 Å². The number of aryl methyl sites for hydroxylation is 2. The van der Waals surface area contributed by atoms with Crippen LogP contribution in [0.25, 0.3) is 33.6 Å². The number of imidazole rings is 1. The molecule has 2 N–H and O–H groups in total. The van der Waals surface area contributed by atoms with E-state index < -0.39 is 0 Å². The Bertz CT molecular complexity index is 1370. The Morgan fingerprint density at radius 2 is 2.06 bits per heavy atom. The molecule has 1 aliphatic rings. The number of amides is 1. The minimum Gasteiger partial charge on any atom is -0.494 e. The molecule has 0 radical (unpaired) electrons. The molecule has 2 atom stereocenters. The molecule has 3 aromatic heterocycles. The van der Waals surface area contributed by atoms with E-state index in [2.05, 4.69) is 35.5 Å². The number of benzene rings is 1. The highest BCUT2D eigenvalue weighted by Gasteiger charge is 2.31. The van der Waals surface area contributed by atoms with Crippen molar-refractivity contribution in [1.82, 2.24) is 24.0 Å². The van der Waals surface area contributed by atoms with Gasteiger partial charge in [-0.1, -0.05) is 6.92 Å².